The summed E-state index contributed by atoms with van der Waals surface area (Å²) in [5, 5.41) is 12.2. The number of benzene rings is 2. The highest BCUT2D eigenvalue weighted by atomic mass is 19.4. The van der Waals surface area contributed by atoms with Crippen LogP contribution in [0.25, 0.3) is 0 Å². The highest BCUT2D eigenvalue weighted by Gasteiger charge is 2.29. The first-order valence-electron chi connectivity index (χ1n) is 14.6. The maximum Gasteiger partial charge on any atom is 0.422 e. The average Bonchev–Trinajstić information content (AvgIpc) is 3.03. The highest BCUT2D eigenvalue weighted by Crippen LogP contribution is 2.21. The molecule has 1 saturated heterocycles. The molecule has 15 heteroatoms. The van der Waals surface area contributed by atoms with Crippen LogP contribution in [-0.2, 0) is 11.3 Å². The van der Waals surface area contributed by atoms with Crippen LogP contribution < -0.4 is 30.7 Å². The quantitative estimate of drug-likeness (QED) is 0.318. The summed E-state index contributed by atoms with van der Waals surface area (Å²) in [5.41, 5.74) is 1.78. The summed E-state index contributed by atoms with van der Waals surface area (Å²) in [6.07, 6.45) is -1.03. The van der Waals surface area contributed by atoms with Crippen LogP contribution in [0, 0.1) is 0 Å². The maximum absolute atomic E-state index is 13.0. The smallest absolute Gasteiger partial charge is 0.422 e. The van der Waals surface area contributed by atoms with Crippen LogP contribution in [0.5, 0.6) is 11.8 Å². The van der Waals surface area contributed by atoms with E-state index in [0.717, 1.165) is 31.7 Å². The second-order valence-electron chi connectivity index (χ2n) is 10.4. The molecule has 1 aromatic heterocycles. The molecular formula is C30H35F3N8O4. The fourth-order valence-electron chi connectivity index (χ4n) is 4.56. The number of amides is 1. The topological polar surface area (TPSA) is 135 Å². The van der Waals surface area contributed by atoms with Gasteiger partial charge in [0.05, 0.1) is 12.7 Å². The van der Waals surface area contributed by atoms with Gasteiger partial charge in [-0.25, -0.2) is 0 Å². The normalized spacial score (nSPS) is 19.4. The zero-order chi connectivity index (χ0) is 31.5. The van der Waals surface area contributed by atoms with Gasteiger partial charge in [0.25, 0.3) is 5.91 Å². The summed E-state index contributed by atoms with van der Waals surface area (Å²) in [5.74, 6) is 0.367. The van der Waals surface area contributed by atoms with Crippen molar-refractivity contribution < 1.29 is 32.2 Å². The molecule has 1 amide bonds. The summed E-state index contributed by atoms with van der Waals surface area (Å²) >= 11 is 0. The third kappa shape index (κ3) is 10.6. The van der Waals surface area contributed by atoms with Gasteiger partial charge in [-0.15, -0.1) is 0 Å². The van der Waals surface area contributed by atoms with Crippen molar-refractivity contribution in [2.24, 2.45) is 0 Å². The standard InChI is InChI=1S/C30H35F3N8O4/c31-30(32,33)20-45-29-39-27-36-17-21-3-9-24(10-4-21)43-15-1-2-16-44-25(19-41-13-11-34-12-14-41)18-35-26(42)22-5-7-23(8-6-22)37-28(38-27)40-29/h1-10,25,34H,11-20H2,(H,35,42)(H2,36,37,38,39,40)/b2-1+. The summed E-state index contributed by atoms with van der Waals surface area (Å²) in [6.45, 7) is 4.05. The first-order valence-corrected chi connectivity index (χ1v) is 14.6. The zero-order valence-corrected chi connectivity index (χ0v) is 24.5. The summed E-state index contributed by atoms with van der Waals surface area (Å²) < 4.78 is 55.2. The van der Waals surface area contributed by atoms with E-state index in [1.165, 1.54) is 0 Å². The third-order valence-electron chi connectivity index (χ3n) is 6.86. The molecule has 2 aromatic carbocycles. The van der Waals surface area contributed by atoms with E-state index in [1.807, 2.05) is 36.4 Å². The molecule has 1 unspecified atom stereocenters. The van der Waals surface area contributed by atoms with Crippen molar-refractivity contribution in [3.63, 3.8) is 0 Å². The minimum Gasteiger partial charge on any atom is -0.490 e. The van der Waals surface area contributed by atoms with E-state index in [1.54, 1.807) is 24.3 Å². The van der Waals surface area contributed by atoms with Crippen molar-refractivity contribution in [2.75, 3.05) is 69.7 Å². The van der Waals surface area contributed by atoms with E-state index in [9.17, 15) is 18.0 Å². The Hall–Kier alpha value is -4.47. The molecule has 1 atom stereocenters. The molecule has 5 aliphatic rings. The van der Waals surface area contributed by atoms with E-state index in [2.05, 4.69) is 41.1 Å². The average molecular weight is 629 g/mol. The first kappa shape index (κ1) is 31.9. The van der Waals surface area contributed by atoms with Gasteiger partial charge in [0.15, 0.2) is 6.61 Å². The number of piperazine rings is 1. The highest BCUT2D eigenvalue weighted by molar-refractivity contribution is 5.94. The number of rotatable bonds is 4. The lowest BCUT2D eigenvalue weighted by Gasteiger charge is -2.30. The first-order chi connectivity index (χ1) is 21.8. The number of carbonyl (C=O) groups is 1. The Morgan fingerprint density at radius 2 is 1.64 bits per heavy atom. The second kappa shape index (κ2) is 15.5. The van der Waals surface area contributed by atoms with Crippen LogP contribution in [0.1, 0.15) is 15.9 Å². The fraction of sp³-hybridized carbons (Fsp3) is 0.400. The van der Waals surface area contributed by atoms with Gasteiger partial charge in [0, 0.05) is 57.1 Å². The van der Waals surface area contributed by atoms with Crippen LogP contribution in [0.4, 0.5) is 30.8 Å². The molecule has 3 aromatic rings. The van der Waals surface area contributed by atoms with E-state index in [-0.39, 0.29) is 30.5 Å². The second-order valence-corrected chi connectivity index (χ2v) is 10.4. The molecule has 240 valence electrons. The predicted molar refractivity (Wildman–Crippen MR) is 161 cm³/mol. The van der Waals surface area contributed by atoms with Crippen LogP contribution in [0.15, 0.2) is 60.7 Å². The Balaban J connectivity index is 1.34. The molecule has 1 fully saturated rings. The lowest BCUT2D eigenvalue weighted by molar-refractivity contribution is -0.154. The van der Waals surface area contributed by atoms with Gasteiger partial charge in [-0.05, 0) is 48.0 Å². The van der Waals surface area contributed by atoms with Gasteiger partial charge < -0.3 is 35.5 Å². The Labute approximate surface area is 258 Å². The number of nitrogens with zero attached hydrogens (tertiary/aromatic N) is 4. The monoisotopic (exact) mass is 628 g/mol. The van der Waals surface area contributed by atoms with Crippen molar-refractivity contribution in [3.8, 4) is 11.8 Å². The van der Waals surface area contributed by atoms with E-state index in [0.29, 0.717) is 43.3 Å². The molecule has 5 aliphatic heterocycles. The molecule has 0 aliphatic carbocycles. The Bertz CT molecular complexity index is 1420. The third-order valence-corrected chi connectivity index (χ3v) is 6.86. The molecule has 0 radical (unpaired) electrons. The minimum absolute atomic E-state index is 0.0122. The SMILES string of the molecule is O=C1NCC(CN2CCNCC2)OC/C=C/COc2ccc(cc2)CNc2nc(nc(OCC(F)(F)F)n2)Nc2ccc1cc2. The molecule has 12 nitrogen and oxygen atoms in total. The lowest BCUT2D eigenvalue weighted by atomic mass is 10.2. The number of aromatic nitrogens is 3. The molecule has 8 rings (SSSR count). The van der Waals surface area contributed by atoms with Crippen LogP contribution >= 0.6 is 0 Å². The number of hydrogen-bond acceptors (Lipinski definition) is 11. The van der Waals surface area contributed by atoms with E-state index < -0.39 is 18.8 Å². The Morgan fingerprint density at radius 1 is 0.911 bits per heavy atom. The van der Waals surface area contributed by atoms with Crippen molar-refractivity contribution in [1.29, 1.82) is 0 Å². The summed E-state index contributed by atoms with van der Waals surface area (Å²) in [4.78, 5) is 27.5. The number of nitrogens with one attached hydrogen (secondary N) is 4. The van der Waals surface area contributed by atoms with Gasteiger partial charge >= 0.3 is 12.2 Å². The molecule has 45 heavy (non-hydrogen) atoms. The lowest BCUT2D eigenvalue weighted by Crippen LogP contribution is -2.49. The van der Waals surface area contributed by atoms with E-state index >= 15 is 0 Å². The fourth-order valence-corrected chi connectivity index (χ4v) is 4.56. The molecule has 6 heterocycles. The molecule has 0 spiro atoms. The summed E-state index contributed by atoms with van der Waals surface area (Å²) in [6, 6.07) is 13.4. The Morgan fingerprint density at radius 3 is 2.40 bits per heavy atom. The number of alkyl halides is 3. The minimum atomic E-state index is -4.57. The van der Waals surface area contributed by atoms with Gasteiger partial charge in [-0.1, -0.05) is 18.2 Å². The number of hydrogen-bond donors (Lipinski definition) is 4. The molecule has 6 bridgehead atoms. The van der Waals surface area contributed by atoms with Gasteiger partial charge in [0.2, 0.25) is 11.9 Å². The number of ether oxygens (including phenoxy) is 3. The predicted octanol–water partition coefficient (Wildman–Crippen LogP) is 3.14. The van der Waals surface area contributed by atoms with Crippen LogP contribution in [0.2, 0.25) is 0 Å². The van der Waals surface area contributed by atoms with Gasteiger partial charge in [-0.2, -0.15) is 28.1 Å². The number of carbonyl (C=O) groups excluding carboxylic acids is 1. The van der Waals surface area contributed by atoms with Crippen molar-refractivity contribution in [3.05, 3.63) is 71.8 Å². The van der Waals surface area contributed by atoms with Gasteiger partial charge in [0.1, 0.15) is 12.4 Å². The number of halogens is 3. The molecular weight excluding hydrogens is 593 g/mol. The Kier molecular flexibility index (Phi) is 11.0. The van der Waals surface area contributed by atoms with Crippen molar-refractivity contribution in [2.45, 2.75) is 18.8 Å². The van der Waals surface area contributed by atoms with Crippen molar-refractivity contribution in [1.82, 2.24) is 30.5 Å². The van der Waals surface area contributed by atoms with Crippen molar-refractivity contribution >= 4 is 23.5 Å². The maximum atomic E-state index is 13.0. The number of anilines is 3. The van der Waals surface area contributed by atoms with Crippen LogP contribution in [0.3, 0.4) is 0 Å². The van der Waals surface area contributed by atoms with E-state index in [4.69, 9.17) is 14.2 Å². The molecule has 0 saturated carbocycles. The zero-order valence-electron chi connectivity index (χ0n) is 24.5. The molecule has 4 N–H and O–H groups in total. The summed E-state index contributed by atoms with van der Waals surface area (Å²) in [7, 11) is 0. The van der Waals surface area contributed by atoms with Crippen LogP contribution in [-0.4, -0.2) is 97.1 Å². The van der Waals surface area contributed by atoms with Gasteiger partial charge in [-0.3, -0.25) is 9.69 Å². The largest absolute Gasteiger partial charge is 0.490 e.